The number of sulfone groups is 1. The lowest BCUT2D eigenvalue weighted by Gasteiger charge is -2.34. The Morgan fingerprint density at radius 3 is 2.40 bits per heavy atom. The summed E-state index contributed by atoms with van der Waals surface area (Å²) in [5, 5.41) is 5.99. The molecule has 0 atom stereocenters. The number of piperidine rings is 1. The van der Waals surface area contributed by atoms with E-state index in [1.807, 2.05) is 6.92 Å². The molecule has 0 saturated carbocycles. The van der Waals surface area contributed by atoms with Crippen LogP contribution in [0.1, 0.15) is 19.8 Å². The number of hydrogen-bond acceptors (Lipinski definition) is 4. The highest BCUT2D eigenvalue weighted by Crippen LogP contribution is 2.16. The summed E-state index contributed by atoms with van der Waals surface area (Å²) < 4.78 is 21.8. The highest BCUT2D eigenvalue weighted by Gasteiger charge is 2.28. The van der Waals surface area contributed by atoms with Crippen molar-refractivity contribution in [1.29, 1.82) is 0 Å². The van der Waals surface area contributed by atoms with E-state index >= 15 is 0 Å². The van der Waals surface area contributed by atoms with E-state index < -0.39 is 21.5 Å². The minimum Gasteiger partial charge on any atom is -0.350 e. The Labute approximate surface area is 90.5 Å². The van der Waals surface area contributed by atoms with Crippen LogP contribution in [0.5, 0.6) is 0 Å². The van der Waals surface area contributed by atoms with Gasteiger partial charge >= 0.3 is 0 Å². The van der Waals surface area contributed by atoms with Crippen molar-refractivity contribution in [3.05, 3.63) is 0 Å². The van der Waals surface area contributed by atoms with Gasteiger partial charge in [0.05, 0.1) is 0 Å². The predicted octanol–water partition coefficient (Wildman–Crippen LogP) is -0.711. The molecule has 6 heteroatoms. The summed E-state index contributed by atoms with van der Waals surface area (Å²) in [6.45, 7) is 3.67. The van der Waals surface area contributed by atoms with Gasteiger partial charge < -0.3 is 10.6 Å². The molecule has 1 aliphatic heterocycles. The van der Waals surface area contributed by atoms with Gasteiger partial charge in [0.25, 0.3) is 0 Å². The smallest absolute Gasteiger partial charge is 0.235 e. The first-order valence-corrected chi connectivity index (χ1v) is 7.06. The van der Waals surface area contributed by atoms with Crippen molar-refractivity contribution in [2.75, 3.05) is 25.1 Å². The normalized spacial score (nSPS) is 20.9. The van der Waals surface area contributed by atoms with Crippen molar-refractivity contribution in [3.8, 4) is 0 Å². The lowest BCUT2D eigenvalue weighted by atomic mass is 9.91. The van der Waals surface area contributed by atoms with Crippen LogP contribution < -0.4 is 10.6 Å². The molecule has 1 fully saturated rings. The van der Waals surface area contributed by atoms with Crippen LogP contribution in [-0.2, 0) is 14.6 Å². The van der Waals surface area contributed by atoms with E-state index in [-0.39, 0.29) is 5.54 Å². The maximum atomic E-state index is 11.4. The molecule has 0 aromatic heterocycles. The summed E-state index contributed by atoms with van der Waals surface area (Å²) in [6, 6.07) is 0. The van der Waals surface area contributed by atoms with Crippen molar-refractivity contribution < 1.29 is 13.2 Å². The summed E-state index contributed by atoms with van der Waals surface area (Å²) >= 11 is 0. The highest BCUT2D eigenvalue weighted by molar-refractivity contribution is 7.91. The molecule has 0 unspecified atom stereocenters. The number of hydrogen-bond donors (Lipinski definition) is 2. The molecule has 0 spiro atoms. The molecule has 15 heavy (non-hydrogen) atoms. The number of carbonyl (C=O) groups excluding carboxylic acids is 1. The fraction of sp³-hybridized carbons (Fsp3) is 0.889. The van der Waals surface area contributed by atoms with Crippen LogP contribution in [0.2, 0.25) is 0 Å². The van der Waals surface area contributed by atoms with E-state index in [1.165, 1.54) is 0 Å². The molecule has 2 N–H and O–H groups in total. The van der Waals surface area contributed by atoms with Crippen LogP contribution in [0.4, 0.5) is 0 Å². The molecular formula is C9H18N2O3S. The Bertz CT molecular complexity index is 331. The van der Waals surface area contributed by atoms with Crippen LogP contribution in [0, 0.1) is 0 Å². The Morgan fingerprint density at radius 1 is 1.40 bits per heavy atom. The quantitative estimate of drug-likeness (QED) is 0.676. The maximum Gasteiger partial charge on any atom is 0.235 e. The first kappa shape index (κ1) is 12.4. The molecule has 1 heterocycles. The molecule has 0 aromatic rings. The molecule has 1 saturated heterocycles. The van der Waals surface area contributed by atoms with Gasteiger partial charge in [-0.05, 0) is 32.9 Å². The minimum absolute atomic E-state index is 0.257. The van der Waals surface area contributed by atoms with Crippen LogP contribution in [0.15, 0.2) is 0 Å². The fourth-order valence-corrected chi connectivity index (χ4v) is 2.26. The molecule has 0 aromatic carbocycles. The third kappa shape index (κ3) is 4.61. The van der Waals surface area contributed by atoms with Gasteiger partial charge in [0, 0.05) is 11.8 Å². The molecule has 0 aliphatic carbocycles. The Kier molecular flexibility index (Phi) is 3.72. The van der Waals surface area contributed by atoms with Gasteiger partial charge in [0.15, 0.2) is 9.84 Å². The topological polar surface area (TPSA) is 75.3 Å². The monoisotopic (exact) mass is 234 g/mol. The number of nitrogens with one attached hydrogen (secondary N) is 2. The second kappa shape index (κ2) is 4.49. The zero-order valence-electron chi connectivity index (χ0n) is 9.17. The molecule has 1 aliphatic rings. The zero-order chi connectivity index (χ0) is 11.5. The van der Waals surface area contributed by atoms with Gasteiger partial charge in [-0.2, -0.15) is 0 Å². The first-order valence-electron chi connectivity index (χ1n) is 5.00. The van der Waals surface area contributed by atoms with Gasteiger partial charge in [-0.15, -0.1) is 0 Å². The SMILES string of the molecule is CC1(NC(=O)CS(C)(=O)=O)CCNCC1. The number of rotatable bonds is 3. The van der Waals surface area contributed by atoms with E-state index in [4.69, 9.17) is 0 Å². The van der Waals surface area contributed by atoms with Crippen molar-refractivity contribution in [1.82, 2.24) is 10.6 Å². The van der Waals surface area contributed by atoms with E-state index in [1.54, 1.807) is 0 Å². The molecule has 5 nitrogen and oxygen atoms in total. The van der Waals surface area contributed by atoms with E-state index in [0.717, 1.165) is 32.2 Å². The molecule has 1 rings (SSSR count). The van der Waals surface area contributed by atoms with Crippen LogP contribution in [-0.4, -0.2) is 45.0 Å². The van der Waals surface area contributed by atoms with Crippen LogP contribution >= 0.6 is 0 Å². The largest absolute Gasteiger partial charge is 0.350 e. The average molecular weight is 234 g/mol. The Hall–Kier alpha value is -0.620. The summed E-state index contributed by atoms with van der Waals surface area (Å²) in [6.07, 6.45) is 2.74. The summed E-state index contributed by atoms with van der Waals surface area (Å²) in [4.78, 5) is 11.4. The summed E-state index contributed by atoms with van der Waals surface area (Å²) in [7, 11) is -3.23. The van der Waals surface area contributed by atoms with E-state index in [0.29, 0.717) is 0 Å². The first-order chi connectivity index (χ1) is 6.81. The lowest BCUT2D eigenvalue weighted by molar-refractivity contribution is -0.120. The summed E-state index contributed by atoms with van der Waals surface area (Å²) in [5.74, 6) is -0.822. The second-order valence-corrected chi connectivity index (χ2v) is 6.57. The lowest BCUT2D eigenvalue weighted by Crippen LogP contribution is -2.53. The molecule has 0 bridgehead atoms. The van der Waals surface area contributed by atoms with Crippen molar-refractivity contribution in [3.63, 3.8) is 0 Å². The molecule has 0 radical (unpaired) electrons. The van der Waals surface area contributed by atoms with Crippen LogP contribution in [0.3, 0.4) is 0 Å². The van der Waals surface area contributed by atoms with Crippen LogP contribution in [0.25, 0.3) is 0 Å². The number of amides is 1. The Morgan fingerprint density at radius 2 is 1.93 bits per heavy atom. The number of carbonyl (C=O) groups is 1. The minimum atomic E-state index is -3.23. The molecule has 1 amide bonds. The van der Waals surface area contributed by atoms with Crippen molar-refractivity contribution in [2.24, 2.45) is 0 Å². The zero-order valence-corrected chi connectivity index (χ0v) is 9.99. The standard InChI is InChI=1S/C9H18N2O3S/c1-9(3-5-10-6-4-9)11-8(12)7-15(2,13)14/h10H,3-7H2,1-2H3,(H,11,12). The van der Waals surface area contributed by atoms with Crippen molar-refractivity contribution >= 4 is 15.7 Å². The fourth-order valence-electron chi connectivity index (χ4n) is 1.71. The van der Waals surface area contributed by atoms with Gasteiger partial charge in [-0.3, -0.25) is 4.79 Å². The third-order valence-electron chi connectivity index (χ3n) is 2.54. The van der Waals surface area contributed by atoms with Gasteiger partial charge in [-0.1, -0.05) is 0 Å². The maximum absolute atomic E-state index is 11.4. The third-order valence-corrected chi connectivity index (χ3v) is 3.33. The van der Waals surface area contributed by atoms with E-state index in [2.05, 4.69) is 10.6 Å². The average Bonchev–Trinajstić information content (AvgIpc) is 1.99. The van der Waals surface area contributed by atoms with Gasteiger partial charge in [0.1, 0.15) is 5.75 Å². The van der Waals surface area contributed by atoms with E-state index in [9.17, 15) is 13.2 Å². The molecular weight excluding hydrogens is 216 g/mol. The predicted molar refractivity (Wildman–Crippen MR) is 58.4 cm³/mol. The second-order valence-electron chi connectivity index (χ2n) is 4.43. The van der Waals surface area contributed by atoms with Gasteiger partial charge in [-0.25, -0.2) is 8.42 Å². The molecule has 88 valence electrons. The Balaban J connectivity index is 2.49. The van der Waals surface area contributed by atoms with Crippen molar-refractivity contribution in [2.45, 2.75) is 25.3 Å². The summed E-state index contributed by atoms with van der Waals surface area (Å²) in [5.41, 5.74) is -0.257. The van der Waals surface area contributed by atoms with Gasteiger partial charge in [0.2, 0.25) is 5.91 Å². The highest BCUT2D eigenvalue weighted by atomic mass is 32.2.